The van der Waals surface area contributed by atoms with Crippen LogP contribution in [0.15, 0.2) is 30.3 Å². The molecule has 1 fully saturated rings. The van der Waals surface area contributed by atoms with E-state index < -0.39 is 0 Å². The summed E-state index contributed by atoms with van der Waals surface area (Å²) in [6.45, 7) is 5.57. The minimum atomic E-state index is -0.237. The zero-order valence-electron chi connectivity index (χ0n) is 14.3. The molecule has 4 nitrogen and oxygen atoms in total. The van der Waals surface area contributed by atoms with Gasteiger partial charge in [-0.2, -0.15) is 5.10 Å². The molecule has 1 saturated heterocycles. The second-order valence-electron chi connectivity index (χ2n) is 6.55. The van der Waals surface area contributed by atoms with Crippen molar-refractivity contribution < 1.29 is 9.18 Å². The van der Waals surface area contributed by atoms with Gasteiger partial charge < -0.3 is 4.90 Å². The van der Waals surface area contributed by atoms with Gasteiger partial charge in [-0.05, 0) is 56.9 Å². The second-order valence-corrected chi connectivity index (χ2v) is 6.55. The Morgan fingerprint density at radius 2 is 2.04 bits per heavy atom. The van der Waals surface area contributed by atoms with Crippen LogP contribution in [0, 0.1) is 19.7 Å². The van der Waals surface area contributed by atoms with Crippen molar-refractivity contribution in [2.75, 3.05) is 6.54 Å². The molecular formula is C19H24FN3O. The van der Waals surface area contributed by atoms with Crippen molar-refractivity contribution in [3.8, 4) is 0 Å². The minimum absolute atomic E-state index is 0.0896. The molecule has 1 atom stereocenters. The molecule has 1 aromatic heterocycles. The zero-order chi connectivity index (χ0) is 17.1. The van der Waals surface area contributed by atoms with Gasteiger partial charge >= 0.3 is 0 Å². The molecule has 1 aliphatic heterocycles. The van der Waals surface area contributed by atoms with Crippen LogP contribution in [0.25, 0.3) is 0 Å². The molecule has 1 aliphatic rings. The number of nitrogens with zero attached hydrogens (tertiary/aromatic N) is 3. The van der Waals surface area contributed by atoms with Gasteiger partial charge in [0.15, 0.2) is 0 Å². The molecule has 24 heavy (non-hydrogen) atoms. The molecule has 0 aliphatic carbocycles. The number of hydrogen-bond acceptors (Lipinski definition) is 2. The topological polar surface area (TPSA) is 38.1 Å². The van der Waals surface area contributed by atoms with Crippen LogP contribution in [0.5, 0.6) is 0 Å². The fraction of sp³-hybridized carbons (Fsp3) is 0.474. The van der Waals surface area contributed by atoms with Gasteiger partial charge in [0.1, 0.15) is 5.82 Å². The smallest absolute Gasteiger partial charge is 0.223 e. The van der Waals surface area contributed by atoms with Crippen LogP contribution in [0.1, 0.15) is 48.7 Å². The molecule has 0 spiro atoms. The highest BCUT2D eigenvalue weighted by Gasteiger charge is 2.29. The number of hydrogen-bond donors (Lipinski definition) is 0. The number of benzene rings is 1. The normalized spacial score (nSPS) is 17.5. The molecule has 2 aromatic rings. The number of rotatable bonds is 5. The summed E-state index contributed by atoms with van der Waals surface area (Å²) in [7, 11) is 0. The van der Waals surface area contributed by atoms with E-state index in [2.05, 4.69) is 5.10 Å². The molecule has 1 amide bonds. The predicted molar refractivity (Wildman–Crippen MR) is 91.0 cm³/mol. The number of halogens is 1. The first kappa shape index (κ1) is 16.7. The van der Waals surface area contributed by atoms with E-state index in [0.717, 1.165) is 49.3 Å². The van der Waals surface area contributed by atoms with E-state index >= 15 is 0 Å². The maximum atomic E-state index is 13.1. The molecular weight excluding hydrogens is 305 g/mol. The van der Waals surface area contributed by atoms with Crippen LogP contribution in [-0.2, 0) is 11.3 Å². The van der Waals surface area contributed by atoms with Crippen molar-refractivity contribution in [1.29, 1.82) is 0 Å². The lowest BCUT2D eigenvalue weighted by atomic mass is 10.0. The van der Waals surface area contributed by atoms with Crippen molar-refractivity contribution >= 4 is 5.91 Å². The van der Waals surface area contributed by atoms with Crippen molar-refractivity contribution in [2.45, 2.75) is 52.1 Å². The van der Waals surface area contributed by atoms with E-state index in [1.807, 2.05) is 29.5 Å². The number of likely N-dealkylation sites (tertiary alicyclic amines) is 1. The number of carbonyl (C=O) groups excluding carboxylic acids is 1. The molecule has 0 radical (unpaired) electrons. The van der Waals surface area contributed by atoms with Gasteiger partial charge in [-0.15, -0.1) is 0 Å². The molecule has 1 unspecified atom stereocenters. The molecule has 5 heteroatoms. The first-order chi connectivity index (χ1) is 11.5. The molecule has 3 rings (SSSR count). The van der Waals surface area contributed by atoms with Crippen LogP contribution in [-0.4, -0.2) is 27.1 Å². The summed E-state index contributed by atoms with van der Waals surface area (Å²) < 4.78 is 15.1. The Morgan fingerprint density at radius 1 is 1.29 bits per heavy atom. The van der Waals surface area contributed by atoms with Gasteiger partial charge in [-0.3, -0.25) is 9.48 Å². The van der Waals surface area contributed by atoms with Gasteiger partial charge in [-0.1, -0.05) is 12.1 Å². The van der Waals surface area contributed by atoms with Crippen LogP contribution in [0.3, 0.4) is 0 Å². The Bertz CT molecular complexity index is 708. The zero-order valence-corrected chi connectivity index (χ0v) is 14.3. The maximum Gasteiger partial charge on any atom is 0.223 e. The molecule has 0 bridgehead atoms. The molecule has 1 aromatic carbocycles. The highest BCUT2D eigenvalue weighted by molar-refractivity contribution is 5.77. The van der Waals surface area contributed by atoms with Crippen LogP contribution < -0.4 is 0 Å². The largest absolute Gasteiger partial charge is 0.336 e. The van der Waals surface area contributed by atoms with E-state index in [0.29, 0.717) is 6.42 Å². The van der Waals surface area contributed by atoms with Crippen molar-refractivity contribution in [3.05, 3.63) is 53.1 Å². The highest BCUT2D eigenvalue weighted by atomic mass is 19.1. The summed E-state index contributed by atoms with van der Waals surface area (Å²) in [4.78, 5) is 14.6. The summed E-state index contributed by atoms with van der Waals surface area (Å²) >= 11 is 0. The third-order valence-corrected chi connectivity index (χ3v) is 4.69. The Morgan fingerprint density at radius 3 is 2.71 bits per heavy atom. The maximum absolute atomic E-state index is 13.1. The average molecular weight is 329 g/mol. The summed E-state index contributed by atoms with van der Waals surface area (Å²) in [5, 5.41) is 4.43. The molecule has 0 saturated carbocycles. The van der Waals surface area contributed by atoms with Crippen molar-refractivity contribution in [2.24, 2.45) is 0 Å². The SMILES string of the molecule is Cc1cc(C)n(CCCC(=O)N2CCCC2c2ccc(F)cc2)n1. The minimum Gasteiger partial charge on any atom is -0.336 e. The first-order valence-corrected chi connectivity index (χ1v) is 8.60. The Balaban J connectivity index is 1.57. The Kier molecular flexibility index (Phi) is 4.97. The fourth-order valence-electron chi connectivity index (χ4n) is 3.52. The molecule has 0 N–H and O–H groups in total. The van der Waals surface area contributed by atoms with Gasteiger partial charge in [0, 0.05) is 25.2 Å². The average Bonchev–Trinajstić information content (AvgIpc) is 3.15. The predicted octanol–water partition coefficient (Wildman–Crippen LogP) is 3.78. The fourth-order valence-corrected chi connectivity index (χ4v) is 3.52. The lowest BCUT2D eigenvalue weighted by Gasteiger charge is -2.25. The van der Waals surface area contributed by atoms with E-state index in [1.165, 1.54) is 12.1 Å². The lowest BCUT2D eigenvalue weighted by Crippen LogP contribution is -2.30. The molecule has 2 heterocycles. The van der Waals surface area contributed by atoms with Crippen LogP contribution >= 0.6 is 0 Å². The summed E-state index contributed by atoms with van der Waals surface area (Å²) in [6, 6.07) is 8.67. The van der Waals surface area contributed by atoms with E-state index in [-0.39, 0.29) is 17.8 Å². The van der Waals surface area contributed by atoms with Crippen molar-refractivity contribution in [3.63, 3.8) is 0 Å². The number of aryl methyl sites for hydroxylation is 3. The summed E-state index contributed by atoms with van der Waals surface area (Å²) in [5.41, 5.74) is 3.17. The molecule has 128 valence electrons. The first-order valence-electron chi connectivity index (χ1n) is 8.60. The highest BCUT2D eigenvalue weighted by Crippen LogP contribution is 2.32. The third kappa shape index (κ3) is 3.66. The van der Waals surface area contributed by atoms with Crippen molar-refractivity contribution in [1.82, 2.24) is 14.7 Å². The van der Waals surface area contributed by atoms with Gasteiger partial charge in [0.2, 0.25) is 5.91 Å². The van der Waals surface area contributed by atoms with Gasteiger partial charge in [0.05, 0.1) is 11.7 Å². The van der Waals surface area contributed by atoms with Gasteiger partial charge in [-0.25, -0.2) is 4.39 Å². The monoisotopic (exact) mass is 329 g/mol. The van der Waals surface area contributed by atoms with E-state index in [9.17, 15) is 9.18 Å². The lowest BCUT2D eigenvalue weighted by molar-refractivity contribution is -0.132. The Hall–Kier alpha value is -2.17. The number of carbonyl (C=O) groups is 1. The van der Waals surface area contributed by atoms with E-state index in [4.69, 9.17) is 0 Å². The quantitative estimate of drug-likeness (QED) is 0.837. The van der Waals surface area contributed by atoms with Crippen LogP contribution in [0.4, 0.5) is 4.39 Å². The van der Waals surface area contributed by atoms with E-state index in [1.54, 1.807) is 12.1 Å². The third-order valence-electron chi connectivity index (χ3n) is 4.69. The number of amides is 1. The van der Waals surface area contributed by atoms with Gasteiger partial charge in [0.25, 0.3) is 0 Å². The second kappa shape index (κ2) is 7.16. The summed E-state index contributed by atoms with van der Waals surface area (Å²) in [6.07, 6.45) is 3.27. The number of aromatic nitrogens is 2. The Labute approximate surface area is 142 Å². The van der Waals surface area contributed by atoms with Crippen LogP contribution in [0.2, 0.25) is 0 Å². The summed E-state index contributed by atoms with van der Waals surface area (Å²) in [5.74, 6) is -0.0529. The standard InChI is InChI=1S/C19H24FN3O/c1-14-13-15(2)23(21-14)12-4-6-19(24)22-11-3-5-18(22)16-7-9-17(20)10-8-16/h7-10,13,18H,3-6,11-12H2,1-2H3.